The average molecular weight is 553 g/mol. The molecular weight excluding hydrogens is 532 g/mol. The van der Waals surface area contributed by atoms with Crippen molar-refractivity contribution in [2.75, 3.05) is 0 Å². The molecule has 0 bridgehead atoms. The van der Waals surface area contributed by atoms with Crippen LogP contribution >= 0.6 is 15.9 Å². The molecule has 0 amide bonds. The third-order valence-corrected chi connectivity index (χ3v) is 7.37. The Bertz CT molecular complexity index is 1820. The Morgan fingerprint density at radius 1 is 0.447 bits per heavy atom. The van der Waals surface area contributed by atoms with Crippen molar-refractivity contribution in [3.05, 3.63) is 132 Å². The van der Waals surface area contributed by atoms with E-state index in [2.05, 4.69) is 81.2 Å². The second-order valence-corrected chi connectivity index (χ2v) is 9.90. The number of nitrogens with zero attached hydrogens (tertiary/aromatic N) is 4. The highest BCUT2D eigenvalue weighted by Gasteiger charge is 2.20. The van der Waals surface area contributed by atoms with Gasteiger partial charge in [-0.1, -0.05) is 103 Å². The van der Waals surface area contributed by atoms with E-state index in [4.69, 9.17) is 15.0 Å². The highest BCUT2D eigenvalue weighted by molar-refractivity contribution is 9.10. The summed E-state index contributed by atoms with van der Waals surface area (Å²) in [5.74, 6) is 1.90. The van der Waals surface area contributed by atoms with E-state index in [1.54, 1.807) is 0 Å². The molecule has 0 radical (unpaired) electrons. The van der Waals surface area contributed by atoms with E-state index in [1.807, 2.05) is 66.7 Å². The predicted molar refractivity (Wildman–Crippen MR) is 158 cm³/mol. The third-order valence-electron chi connectivity index (χ3n) is 6.73. The first kappa shape index (κ1) is 22.6. The van der Waals surface area contributed by atoms with Gasteiger partial charge in [0.25, 0.3) is 0 Å². The summed E-state index contributed by atoms with van der Waals surface area (Å²) in [5.41, 5.74) is 6.06. The van der Waals surface area contributed by atoms with Gasteiger partial charge >= 0.3 is 0 Å². The van der Waals surface area contributed by atoms with E-state index in [9.17, 15) is 0 Å². The van der Waals surface area contributed by atoms with Crippen molar-refractivity contribution in [2.24, 2.45) is 0 Å². The van der Waals surface area contributed by atoms with Crippen LogP contribution in [0.3, 0.4) is 0 Å². The zero-order valence-corrected chi connectivity index (χ0v) is 21.9. The highest BCUT2D eigenvalue weighted by atomic mass is 79.9. The fourth-order valence-electron chi connectivity index (χ4n) is 5.02. The first-order valence-corrected chi connectivity index (χ1v) is 13.2. The number of halogens is 1. The Balaban J connectivity index is 1.55. The zero-order chi connectivity index (χ0) is 25.5. The number of fused-ring (bicyclic) bond motifs is 3. The largest absolute Gasteiger partial charge is 0.307 e. The molecule has 0 N–H and O–H groups in total. The summed E-state index contributed by atoms with van der Waals surface area (Å²) >= 11 is 3.87. The Hall–Kier alpha value is -4.61. The molecule has 38 heavy (non-hydrogen) atoms. The van der Waals surface area contributed by atoms with Crippen LogP contribution in [0.15, 0.2) is 132 Å². The third kappa shape index (κ3) is 3.80. The molecule has 2 heterocycles. The molecule has 0 saturated heterocycles. The van der Waals surface area contributed by atoms with Crippen LogP contribution in [0.25, 0.3) is 61.7 Å². The lowest BCUT2D eigenvalue weighted by Gasteiger charge is -2.16. The van der Waals surface area contributed by atoms with Crippen LogP contribution in [0.5, 0.6) is 0 Å². The first-order chi connectivity index (χ1) is 18.8. The Labute approximate surface area is 228 Å². The van der Waals surface area contributed by atoms with Crippen LogP contribution in [0, 0.1) is 0 Å². The molecule has 0 aliphatic heterocycles. The topological polar surface area (TPSA) is 43.6 Å². The molecule has 2 aromatic heterocycles. The Morgan fingerprint density at radius 2 is 0.921 bits per heavy atom. The number of hydrogen-bond donors (Lipinski definition) is 0. The van der Waals surface area contributed by atoms with Crippen molar-refractivity contribution in [3.63, 3.8) is 0 Å². The maximum atomic E-state index is 5.01. The normalized spacial score (nSPS) is 11.3. The Morgan fingerprint density at radius 3 is 1.47 bits per heavy atom. The summed E-state index contributed by atoms with van der Waals surface area (Å²) in [6.45, 7) is 0. The van der Waals surface area contributed by atoms with Gasteiger partial charge in [-0.3, -0.25) is 0 Å². The lowest BCUT2D eigenvalue weighted by molar-refractivity contribution is 1.06. The molecule has 0 saturated carbocycles. The highest BCUT2D eigenvalue weighted by Crippen LogP contribution is 2.39. The van der Waals surface area contributed by atoms with E-state index < -0.39 is 0 Å². The monoisotopic (exact) mass is 552 g/mol. The van der Waals surface area contributed by atoms with E-state index in [1.165, 1.54) is 10.8 Å². The van der Waals surface area contributed by atoms with Crippen molar-refractivity contribution in [3.8, 4) is 39.9 Å². The number of rotatable bonds is 4. The number of benzene rings is 5. The van der Waals surface area contributed by atoms with Gasteiger partial charge in [0.05, 0.1) is 16.7 Å². The molecule has 180 valence electrons. The summed E-state index contributed by atoms with van der Waals surface area (Å²) in [6, 6.07) is 43.3. The second-order valence-electron chi connectivity index (χ2n) is 9.04. The van der Waals surface area contributed by atoms with Crippen molar-refractivity contribution in [1.82, 2.24) is 19.5 Å². The minimum absolute atomic E-state index is 0.621. The number of aromatic nitrogens is 4. The predicted octanol–water partition coefficient (Wildman–Crippen LogP) is 8.73. The van der Waals surface area contributed by atoms with Crippen molar-refractivity contribution < 1.29 is 0 Å². The van der Waals surface area contributed by atoms with Gasteiger partial charge in [-0.2, -0.15) is 0 Å². The zero-order valence-electron chi connectivity index (χ0n) is 20.3. The van der Waals surface area contributed by atoms with Crippen LogP contribution in [0.2, 0.25) is 0 Å². The molecule has 0 atom stereocenters. The molecule has 7 aromatic rings. The molecule has 0 aliphatic rings. The minimum atomic E-state index is 0.621. The standard InChI is InChI=1S/C33H21BrN4/c34-27-19-11-18-26(30(27)38-28-20-9-7-16-24(28)25-17-8-10-21-29(25)38)33-36-31(22-12-3-1-4-13-22)35-32(37-33)23-14-5-2-6-15-23/h1-21H. The molecular formula is C33H21BrN4. The summed E-state index contributed by atoms with van der Waals surface area (Å²) in [6.07, 6.45) is 0. The van der Waals surface area contributed by atoms with Crippen LogP contribution in [0.4, 0.5) is 0 Å². The van der Waals surface area contributed by atoms with Gasteiger partial charge in [-0.25, -0.2) is 15.0 Å². The van der Waals surface area contributed by atoms with E-state index in [0.717, 1.165) is 37.9 Å². The van der Waals surface area contributed by atoms with Crippen molar-refractivity contribution >= 4 is 37.7 Å². The van der Waals surface area contributed by atoms with Crippen LogP contribution < -0.4 is 0 Å². The number of hydrogen-bond acceptors (Lipinski definition) is 3. The van der Waals surface area contributed by atoms with Crippen LogP contribution in [-0.2, 0) is 0 Å². The van der Waals surface area contributed by atoms with Crippen LogP contribution in [-0.4, -0.2) is 19.5 Å². The van der Waals surface area contributed by atoms with Crippen molar-refractivity contribution in [2.45, 2.75) is 0 Å². The van der Waals surface area contributed by atoms with Gasteiger partial charge in [0.15, 0.2) is 17.5 Å². The molecule has 0 spiro atoms. The molecule has 0 aliphatic carbocycles. The molecule has 0 unspecified atom stereocenters. The molecule has 5 heteroatoms. The summed E-state index contributed by atoms with van der Waals surface area (Å²) in [4.78, 5) is 14.9. The summed E-state index contributed by atoms with van der Waals surface area (Å²) < 4.78 is 3.27. The van der Waals surface area contributed by atoms with Gasteiger partial charge < -0.3 is 4.57 Å². The van der Waals surface area contributed by atoms with Gasteiger partial charge in [0.2, 0.25) is 0 Å². The fourth-order valence-corrected chi connectivity index (χ4v) is 5.56. The maximum absolute atomic E-state index is 5.01. The van der Waals surface area contributed by atoms with Gasteiger partial charge in [0, 0.05) is 31.9 Å². The van der Waals surface area contributed by atoms with Crippen molar-refractivity contribution in [1.29, 1.82) is 0 Å². The fraction of sp³-hybridized carbons (Fsp3) is 0. The maximum Gasteiger partial charge on any atom is 0.166 e. The molecule has 0 fully saturated rings. The molecule has 5 aromatic carbocycles. The first-order valence-electron chi connectivity index (χ1n) is 12.4. The van der Waals surface area contributed by atoms with E-state index in [-0.39, 0.29) is 0 Å². The summed E-state index contributed by atoms with van der Waals surface area (Å²) in [5, 5.41) is 2.41. The van der Waals surface area contributed by atoms with Crippen LogP contribution in [0.1, 0.15) is 0 Å². The van der Waals surface area contributed by atoms with Gasteiger partial charge in [-0.15, -0.1) is 0 Å². The molecule has 4 nitrogen and oxygen atoms in total. The molecule has 7 rings (SSSR count). The van der Waals surface area contributed by atoms with E-state index in [0.29, 0.717) is 17.5 Å². The lowest BCUT2D eigenvalue weighted by atomic mass is 10.1. The second kappa shape index (κ2) is 9.36. The smallest absolute Gasteiger partial charge is 0.166 e. The number of para-hydroxylation sites is 3. The van der Waals surface area contributed by atoms with Gasteiger partial charge in [-0.05, 0) is 40.2 Å². The quantitative estimate of drug-likeness (QED) is 0.219. The van der Waals surface area contributed by atoms with E-state index >= 15 is 0 Å². The van der Waals surface area contributed by atoms with Gasteiger partial charge in [0.1, 0.15) is 0 Å². The summed E-state index contributed by atoms with van der Waals surface area (Å²) in [7, 11) is 0. The Kier molecular flexibility index (Phi) is 5.56. The minimum Gasteiger partial charge on any atom is -0.307 e. The average Bonchev–Trinajstić information content (AvgIpc) is 3.32. The SMILES string of the molecule is Brc1cccc(-c2nc(-c3ccccc3)nc(-c3ccccc3)n2)c1-n1c2ccccc2c2ccccc21. The lowest BCUT2D eigenvalue weighted by Crippen LogP contribution is -2.04.